The maximum absolute atomic E-state index is 13.2. The summed E-state index contributed by atoms with van der Waals surface area (Å²) in [4.78, 5) is 30.4. The normalized spacial score (nSPS) is 11.1. The highest BCUT2D eigenvalue weighted by Crippen LogP contribution is 2.25. The molecule has 6 nitrogen and oxygen atoms in total. The van der Waals surface area contributed by atoms with Gasteiger partial charge in [0.15, 0.2) is 5.65 Å². The molecule has 0 atom stereocenters. The van der Waals surface area contributed by atoms with Crippen molar-refractivity contribution in [2.24, 2.45) is 0 Å². The van der Waals surface area contributed by atoms with Gasteiger partial charge in [-0.15, -0.1) is 0 Å². The average molecular weight is 415 g/mol. The van der Waals surface area contributed by atoms with Gasteiger partial charge in [0, 0.05) is 17.1 Å². The van der Waals surface area contributed by atoms with Gasteiger partial charge in [0.2, 0.25) is 5.91 Å². The Kier molecular flexibility index (Phi) is 5.46. The van der Waals surface area contributed by atoms with Crippen LogP contribution in [0.1, 0.15) is 29.3 Å². The molecule has 0 saturated carbocycles. The third-order valence-electron chi connectivity index (χ3n) is 5.76. The first-order valence-corrected chi connectivity index (χ1v) is 10.4. The summed E-state index contributed by atoms with van der Waals surface area (Å²) < 4.78 is 3.37. The van der Waals surface area contributed by atoms with E-state index in [1.54, 1.807) is 0 Å². The van der Waals surface area contributed by atoms with Crippen molar-refractivity contribution in [2.75, 3.05) is 5.32 Å². The summed E-state index contributed by atoms with van der Waals surface area (Å²) in [6.07, 6.45) is 2.27. The van der Waals surface area contributed by atoms with Crippen molar-refractivity contribution in [1.82, 2.24) is 14.1 Å². The van der Waals surface area contributed by atoms with Crippen molar-refractivity contribution in [3.8, 4) is 5.69 Å². The molecule has 0 aliphatic rings. The molecule has 2 aromatic heterocycles. The van der Waals surface area contributed by atoms with Gasteiger partial charge in [-0.3, -0.25) is 18.7 Å². The Hall–Kier alpha value is -3.67. The van der Waals surface area contributed by atoms with Gasteiger partial charge in [-0.25, -0.2) is 4.98 Å². The molecule has 0 aliphatic carbocycles. The molecule has 4 rings (SSSR count). The van der Waals surface area contributed by atoms with Gasteiger partial charge in [-0.2, -0.15) is 0 Å². The lowest BCUT2D eigenvalue weighted by molar-refractivity contribution is -0.116. The number of nitrogens with one attached hydrogen (secondary N) is 1. The summed E-state index contributed by atoms with van der Waals surface area (Å²) >= 11 is 0. The standard InChI is InChI=1S/C25H26N4O2/c1-5-19-8-6-7-9-21(19)27-22(30)14-28-15-26-24-23(25(28)31)17(3)18(4)29(24)20-12-10-16(2)11-13-20/h6-13,15H,5,14H2,1-4H3,(H,27,30). The summed E-state index contributed by atoms with van der Waals surface area (Å²) in [7, 11) is 0. The van der Waals surface area contributed by atoms with E-state index in [0.717, 1.165) is 34.6 Å². The number of rotatable bonds is 5. The molecule has 0 aliphatic heterocycles. The van der Waals surface area contributed by atoms with Crippen LogP contribution in [0.3, 0.4) is 0 Å². The summed E-state index contributed by atoms with van der Waals surface area (Å²) in [5.74, 6) is -0.253. The van der Waals surface area contributed by atoms with Crippen LogP contribution in [-0.2, 0) is 17.8 Å². The van der Waals surface area contributed by atoms with Crippen LogP contribution in [-0.4, -0.2) is 20.0 Å². The van der Waals surface area contributed by atoms with Gasteiger partial charge in [-0.05, 0) is 56.5 Å². The molecule has 6 heteroatoms. The van der Waals surface area contributed by atoms with E-state index in [2.05, 4.69) is 10.3 Å². The SMILES string of the molecule is CCc1ccccc1NC(=O)Cn1cnc2c(c(C)c(C)n2-c2ccc(C)cc2)c1=O. The highest BCUT2D eigenvalue weighted by atomic mass is 16.2. The predicted octanol–water partition coefficient (Wildman–Crippen LogP) is 4.31. The number of benzene rings is 2. The third-order valence-corrected chi connectivity index (χ3v) is 5.76. The maximum Gasteiger partial charge on any atom is 0.263 e. The smallest absolute Gasteiger partial charge is 0.263 e. The molecule has 0 fully saturated rings. The molecular formula is C25H26N4O2. The number of hydrogen-bond donors (Lipinski definition) is 1. The maximum atomic E-state index is 13.2. The van der Waals surface area contributed by atoms with E-state index < -0.39 is 0 Å². The fourth-order valence-electron chi connectivity index (χ4n) is 3.90. The number of carbonyl (C=O) groups is 1. The van der Waals surface area contributed by atoms with Crippen LogP contribution in [0.15, 0.2) is 59.7 Å². The largest absolute Gasteiger partial charge is 0.324 e. The number of para-hydroxylation sites is 1. The van der Waals surface area contributed by atoms with Gasteiger partial charge in [-0.1, -0.05) is 42.8 Å². The summed E-state index contributed by atoms with van der Waals surface area (Å²) in [5, 5.41) is 3.46. The van der Waals surface area contributed by atoms with Crippen molar-refractivity contribution in [3.63, 3.8) is 0 Å². The lowest BCUT2D eigenvalue weighted by Gasteiger charge is -2.11. The van der Waals surface area contributed by atoms with Crippen LogP contribution < -0.4 is 10.9 Å². The van der Waals surface area contributed by atoms with Gasteiger partial charge in [0.25, 0.3) is 5.56 Å². The lowest BCUT2D eigenvalue weighted by atomic mass is 10.1. The Labute approximate surface area is 181 Å². The Morgan fingerprint density at radius 2 is 1.74 bits per heavy atom. The lowest BCUT2D eigenvalue weighted by Crippen LogP contribution is -2.28. The molecule has 0 saturated heterocycles. The first-order valence-electron chi connectivity index (χ1n) is 10.4. The predicted molar refractivity (Wildman–Crippen MR) is 124 cm³/mol. The second kappa shape index (κ2) is 8.22. The van der Waals surface area contributed by atoms with Crippen LogP contribution in [0, 0.1) is 20.8 Å². The number of amides is 1. The van der Waals surface area contributed by atoms with Crippen LogP contribution >= 0.6 is 0 Å². The van der Waals surface area contributed by atoms with E-state index in [1.165, 1.54) is 16.5 Å². The molecular weight excluding hydrogens is 388 g/mol. The molecule has 0 radical (unpaired) electrons. The number of nitrogens with zero attached hydrogens (tertiary/aromatic N) is 3. The molecule has 2 heterocycles. The summed E-state index contributed by atoms with van der Waals surface area (Å²) in [6, 6.07) is 15.8. The van der Waals surface area contributed by atoms with Crippen molar-refractivity contribution < 1.29 is 4.79 Å². The number of hydrogen-bond acceptors (Lipinski definition) is 3. The minimum Gasteiger partial charge on any atom is -0.324 e. The van der Waals surface area contributed by atoms with Gasteiger partial charge < -0.3 is 5.32 Å². The molecule has 158 valence electrons. The highest BCUT2D eigenvalue weighted by molar-refractivity contribution is 5.91. The van der Waals surface area contributed by atoms with E-state index in [1.807, 2.05) is 80.8 Å². The van der Waals surface area contributed by atoms with Crippen LogP contribution in [0.2, 0.25) is 0 Å². The van der Waals surface area contributed by atoms with Crippen LogP contribution in [0.5, 0.6) is 0 Å². The van der Waals surface area contributed by atoms with Crippen molar-refractivity contribution in [3.05, 3.63) is 87.6 Å². The molecule has 0 bridgehead atoms. The molecule has 1 amide bonds. The first-order chi connectivity index (χ1) is 14.9. The van der Waals surface area contributed by atoms with Crippen LogP contribution in [0.4, 0.5) is 5.69 Å². The molecule has 4 aromatic rings. The molecule has 0 unspecified atom stereocenters. The number of aryl methyl sites for hydroxylation is 3. The Morgan fingerprint density at radius 1 is 1.03 bits per heavy atom. The monoisotopic (exact) mass is 414 g/mol. The van der Waals surface area contributed by atoms with Crippen molar-refractivity contribution in [2.45, 2.75) is 40.7 Å². The van der Waals surface area contributed by atoms with Crippen molar-refractivity contribution in [1.29, 1.82) is 0 Å². The zero-order chi connectivity index (χ0) is 22.1. The Balaban J connectivity index is 1.70. The zero-order valence-corrected chi connectivity index (χ0v) is 18.3. The third kappa shape index (κ3) is 3.77. The number of carbonyl (C=O) groups excluding carboxylic acids is 1. The van der Waals surface area contributed by atoms with E-state index in [4.69, 9.17) is 0 Å². The second-order valence-corrected chi connectivity index (χ2v) is 7.82. The number of fused-ring (bicyclic) bond motifs is 1. The fraction of sp³-hybridized carbons (Fsp3) is 0.240. The van der Waals surface area contributed by atoms with E-state index >= 15 is 0 Å². The molecule has 0 spiro atoms. The molecule has 2 aromatic carbocycles. The zero-order valence-electron chi connectivity index (χ0n) is 18.3. The van der Waals surface area contributed by atoms with E-state index in [-0.39, 0.29) is 18.0 Å². The topological polar surface area (TPSA) is 68.9 Å². The van der Waals surface area contributed by atoms with Gasteiger partial charge >= 0.3 is 0 Å². The van der Waals surface area contributed by atoms with E-state index in [9.17, 15) is 9.59 Å². The Morgan fingerprint density at radius 3 is 2.45 bits per heavy atom. The average Bonchev–Trinajstić information content (AvgIpc) is 3.02. The van der Waals surface area contributed by atoms with Gasteiger partial charge in [0.1, 0.15) is 12.9 Å². The molecule has 1 N–H and O–H groups in total. The Bertz CT molecular complexity index is 1330. The van der Waals surface area contributed by atoms with Crippen molar-refractivity contribution >= 4 is 22.6 Å². The van der Waals surface area contributed by atoms with Gasteiger partial charge in [0.05, 0.1) is 5.39 Å². The fourth-order valence-corrected chi connectivity index (χ4v) is 3.90. The molecule has 31 heavy (non-hydrogen) atoms. The summed E-state index contributed by atoms with van der Waals surface area (Å²) in [6.45, 7) is 7.89. The number of anilines is 1. The summed E-state index contributed by atoms with van der Waals surface area (Å²) in [5.41, 5.74) is 6.18. The highest BCUT2D eigenvalue weighted by Gasteiger charge is 2.18. The minimum atomic E-state index is -0.253. The first kappa shape index (κ1) is 20.6. The second-order valence-electron chi connectivity index (χ2n) is 7.82. The minimum absolute atomic E-state index is 0.0893. The number of aromatic nitrogens is 3. The quantitative estimate of drug-likeness (QED) is 0.529. The van der Waals surface area contributed by atoms with E-state index in [0.29, 0.717) is 11.0 Å². The van der Waals surface area contributed by atoms with Crippen LogP contribution in [0.25, 0.3) is 16.7 Å².